The Balaban J connectivity index is 2.09. The molecule has 0 spiro atoms. The molecule has 1 heterocycles. The van der Waals surface area contributed by atoms with Crippen LogP contribution in [0, 0.1) is 0 Å². The van der Waals surface area contributed by atoms with E-state index in [-0.39, 0.29) is 0 Å². The molecule has 1 aliphatic carbocycles. The zero-order valence-electron chi connectivity index (χ0n) is 10.7. The van der Waals surface area contributed by atoms with Gasteiger partial charge < -0.3 is 10.1 Å². The highest BCUT2D eigenvalue weighted by molar-refractivity contribution is 5.48. The zero-order chi connectivity index (χ0) is 12.1. The number of hydrogen-bond acceptors (Lipinski definition) is 4. The molecular formula is C13H21N3O. The molecule has 0 bridgehead atoms. The van der Waals surface area contributed by atoms with E-state index in [1.165, 1.54) is 17.7 Å². The van der Waals surface area contributed by atoms with Crippen molar-refractivity contribution in [3.63, 3.8) is 0 Å². The number of aromatic nitrogens is 2. The van der Waals surface area contributed by atoms with Gasteiger partial charge in [-0.05, 0) is 25.7 Å². The SMILES string of the molecule is CCCC(COC)Nc1ncnc2c1CCC2. The third kappa shape index (κ3) is 2.94. The van der Waals surface area contributed by atoms with Crippen LogP contribution in [0.1, 0.15) is 37.4 Å². The smallest absolute Gasteiger partial charge is 0.133 e. The molecule has 1 N–H and O–H groups in total. The summed E-state index contributed by atoms with van der Waals surface area (Å²) in [6, 6.07) is 0.351. The molecule has 0 saturated heterocycles. The van der Waals surface area contributed by atoms with Gasteiger partial charge in [0.2, 0.25) is 0 Å². The minimum atomic E-state index is 0.351. The maximum Gasteiger partial charge on any atom is 0.133 e. The van der Waals surface area contributed by atoms with Gasteiger partial charge in [0.1, 0.15) is 12.1 Å². The molecule has 2 rings (SSSR count). The lowest BCUT2D eigenvalue weighted by molar-refractivity contribution is 0.182. The zero-order valence-corrected chi connectivity index (χ0v) is 10.7. The summed E-state index contributed by atoms with van der Waals surface area (Å²) in [4.78, 5) is 8.71. The first-order chi connectivity index (χ1) is 8.35. The summed E-state index contributed by atoms with van der Waals surface area (Å²) in [6.45, 7) is 2.92. The fourth-order valence-electron chi connectivity index (χ4n) is 2.42. The van der Waals surface area contributed by atoms with Crippen LogP contribution in [0.25, 0.3) is 0 Å². The highest BCUT2D eigenvalue weighted by atomic mass is 16.5. The summed E-state index contributed by atoms with van der Waals surface area (Å²) in [6.07, 6.45) is 7.31. The average Bonchev–Trinajstić information content (AvgIpc) is 2.79. The van der Waals surface area contributed by atoms with Gasteiger partial charge in [0.05, 0.1) is 12.6 Å². The number of anilines is 1. The van der Waals surface area contributed by atoms with Crippen LogP contribution in [0.5, 0.6) is 0 Å². The number of methoxy groups -OCH3 is 1. The molecule has 0 saturated carbocycles. The van der Waals surface area contributed by atoms with Gasteiger partial charge in [0, 0.05) is 18.4 Å². The number of hydrogen-bond donors (Lipinski definition) is 1. The average molecular weight is 235 g/mol. The molecule has 1 aromatic rings. The van der Waals surface area contributed by atoms with Crippen molar-refractivity contribution < 1.29 is 4.74 Å². The Labute approximate surface area is 103 Å². The standard InChI is InChI=1S/C13H21N3O/c1-3-5-10(8-17-2)16-13-11-6-4-7-12(11)14-9-15-13/h9-10H,3-8H2,1-2H3,(H,14,15,16). The van der Waals surface area contributed by atoms with Crippen molar-refractivity contribution in [2.24, 2.45) is 0 Å². The number of aryl methyl sites for hydroxylation is 1. The van der Waals surface area contributed by atoms with Crippen LogP contribution in [0.2, 0.25) is 0 Å². The second kappa shape index (κ2) is 5.96. The van der Waals surface area contributed by atoms with E-state index in [1.54, 1.807) is 13.4 Å². The molecule has 0 fully saturated rings. The highest BCUT2D eigenvalue weighted by Gasteiger charge is 2.18. The Bertz CT molecular complexity index is 362. The van der Waals surface area contributed by atoms with Crippen molar-refractivity contribution in [1.82, 2.24) is 9.97 Å². The lowest BCUT2D eigenvalue weighted by Crippen LogP contribution is -2.26. The summed E-state index contributed by atoms with van der Waals surface area (Å²) >= 11 is 0. The van der Waals surface area contributed by atoms with Crippen molar-refractivity contribution >= 4 is 5.82 Å². The Kier molecular flexibility index (Phi) is 4.31. The molecule has 0 aliphatic heterocycles. The summed E-state index contributed by atoms with van der Waals surface area (Å²) < 4.78 is 5.24. The van der Waals surface area contributed by atoms with Gasteiger partial charge in [0.25, 0.3) is 0 Å². The molecule has 1 aliphatic rings. The maximum atomic E-state index is 5.24. The van der Waals surface area contributed by atoms with E-state index >= 15 is 0 Å². The number of fused-ring (bicyclic) bond motifs is 1. The minimum Gasteiger partial charge on any atom is -0.383 e. The molecule has 4 heteroatoms. The van der Waals surface area contributed by atoms with Crippen LogP contribution in [0.15, 0.2) is 6.33 Å². The van der Waals surface area contributed by atoms with Crippen molar-refractivity contribution in [2.45, 2.75) is 45.1 Å². The minimum absolute atomic E-state index is 0.351. The summed E-state index contributed by atoms with van der Waals surface area (Å²) in [5.74, 6) is 1.02. The second-order valence-electron chi connectivity index (χ2n) is 4.59. The summed E-state index contributed by atoms with van der Waals surface area (Å²) in [7, 11) is 1.74. The van der Waals surface area contributed by atoms with Gasteiger partial charge in [0.15, 0.2) is 0 Å². The third-order valence-corrected chi connectivity index (χ3v) is 3.22. The molecule has 4 nitrogen and oxygen atoms in total. The highest BCUT2D eigenvalue weighted by Crippen LogP contribution is 2.25. The Morgan fingerprint density at radius 1 is 1.41 bits per heavy atom. The number of rotatable bonds is 6. The molecule has 1 aromatic heterocycles. The van der Waals surface area contributed by atoms with Crippen molar-refractivity contribution in [3.05, 3.63) is 17.6 Å². The lowest BCUT2D eigenvalue weighted by atomic mass is 10.1. The number of nitrogens with one attached hydrogen (secondary N) is 1. The van der Waals surface area contributed by atoms with Crippen LogP contribution in [0.3, 0.4) is 0 Å². The van der Waals surface area contributed by atoms with Gasteiger partial charge in [-0.2, -0.15) is 0 Å². The monoisotopic (exact) mass is 235 g/mol. The second-order valence-corrected chi connectivity index (χ2v) is 4.59. The molecule has 0 aromatic carbocycles. The van der Waals surface area contributed by atoms with Gasteiger partial charge in [-0.25, -0.2) is 9.97 Å². The molecule has 1 unspecified atom stereocenters. The van der Waals surface area contributed by atoms with Crippen LogP contribution in [-0.4, -0.2) is 29.7 Å². The predicted molar refractivity (Wildman–Crippen MR) is 68.3 cm³/mol. The first-order valence-corrected chi connectivity index (χ1v) is 6.43. The molecule has 17 heavy (non-hydrogen) atoms. The summed E-state index contributed by atoms with van der Waals surface area (Å²) in [5, 5.41) is 3.51. The molecule has 94 valence electrons. The Morgan fingerprint density at radius 2 is 2.29 bits per heavy atom. The Morgan fingerprint density at radius 3 is 3.06 bits per heavy atom. The van der Waals surface area contributed by atoms with Crippen molar-refractivity contribution in [2.75, 3.05) is 19.0 Å². The molecule has 0 amide bonds. The Hall–Kier alpha value is -1.16. The largest absolute Gasteiger partial charge is 0.383 e. The molecular weight excluding hydrogens is 214 g/mol. The molecule has 0 radical (unpaired) electrons. The van der Waals surface area contributed by atoms with Gasteiger partial charge >= 0.3 is 0 Å². The van der Waals surface area contributed by atoms with Crippen LogP contribution in [0.4, 0.5) is 5.82 Å². The predicted octanol–water partition coefficient (Wildman–Crippen LogP) is 2.19. The van der Waals surface area contributed by atoms with Crippen LogP contribution in [-0.2, 0) is 17.6 Å². The topological polar surface area (TPSA) is 47.0 Å². The summed E-state index contributed by atoms with van der Waals surface area (Å²) in [5.41, 5.74) is 2.53. The normalized spacial score (nSPS) is 15.6. The van der Waals surface area contributed by atoms with E-state index in [4.69, 9.17) is 4.74 Å². The van der Waals surface area contributed by atoms with Crippen LogP contribution < -0.4 is 5.32 Å². The third-order valence-electron chi connectivity index (χ3n) is 3.22. The van der Waals surface area contributed by atoms with E-state index in [2.05, 4.69) is 22.2 Å². The number of ether oxygens (including phenoxy) is 1. The van der Waals surface area contributed by atoms with E-state index in [0.717, 1.165) is 38.1 Å². The van der Waals surface area contributed by atoms with Crippen molar-refractivity contribution in [3.8, 4) is 0 Å². The molecule has 1 atom stereocenters. The lowest BCUT2D eigenvalue weighted by Gasteiger charge is -2.19. The maximum absolute atomic E-state index is 5.24. The first-order valence-electron chi connectivity index (χ1n) is 6.43. The van der Waals surface area contributed by atoms with Crippen molar-refractivity contribution in [1.29, 1.82) is 0 Å². The first kappa shape index (κ1) is 12.3. The van der Waals surface area contributed by atoms with E-state index in [0.29, 0.717) is 6.04 Å². The van der Waals surface area contributed by atoms with Gasteiger partial charge in [-0.3, -0.25) is 0 Å². The van der Waals surface area contributed by atoms with E-state index < -0.39 is 0 Å². The van der Waals surface area contributed by atoms with Crippen LogP contribution >= 0.6 is 0 Å². The number of nitrogens with zero attached hydrogens (tertiary/aromatic N) is 2. The van der Waals surface area contributed by atoms with E-state index in [1.807, 2.05) is 0 Å². The van der Waals surface area contributed by atoms with Gasteiger partial charge in [-0.15, -0.1) is 0 Å². The quantitative estimate of drug-likeness (QED) is 0.821. The van der Waals surface area contributed by atoms with E-state index in [9.17, 15) is 0 Å². The fraction of sp³-hybridized carbons (Fsp3) is 0.692. The van der Waals surface area contributed by atoms with Gasteiger partial charge in [-0.1, -0.05) is 13.3 Å². The fourth-order valence-corrected chi connectivity index (χ4v) is 2.42.